The van der Waals surface area contributed by atoms with Gasteiger partial charge in [0.2, 0.25) is 0 Å². The summed E-state index contributed by atoms with van der Waals surface area (Å²) >= 11 is 0. The standard InChI is InChI=1S/C20H26N2/c1-19(2,3)13-8-9-16-14(10-13)15-11-18(20(4,5)6)21-12-17(15)22(16)7/h8-12H,1-7H3. The van der Waals surface area contributed by atoms with Crippen molar-refractivity contribution in [3.63, 3.8) is 0 Å². The van der Waals surface area contributed by atoms with Crippen LogP contribution in [0.25, 0.3) is 21.8 Å². The Labute approximate surface area is 133 Å². The summed E-state index contributed by atoms with van der Waals surface area (Å²) in [5.41, 5.74) is 5.23. The lowest BCUT2D eigenvalue weighted by molar-refractivity contribution is 0.570. The quantitative estimate of drug-likeness (QED) is 0.548. The van der Waals surface area contributed by atoms with E-state index < -0.39 is 0 Å². The van der Waals surface area contributed by atoms with Gasteiger partial charge in [0.25, 0.3) is 0 Å². The molecule has 2 nitrogen and oxygen atoms in total. The highest BCUT2D eigenvalue weighted by Gasteiger charge is 2.19. The van der Waals surface area contributed by atoms with Crippen LogP contribution in [0.4, 0.5) is 0 Å². The fourth-order valence-electron chi connectivity index (χ4n) is 2.98. The van der Waals surface area contributed by atoms with E-state index >= 15 is 0 Å². The topological polar surface area (TPSA) is 17.8 Å². The van der Waals surface area contributed by atoms with E-state index in [4.69, 9.17) is 0 Å². The first-order valence-electron chi connectivity index (χ1n) is 7.98. The summed E-state index contributed by atoms with van der Waals surface area (Å²) in [6.45, 7) is 13.4. The normalized spacial score (nSPS) is 13.2. The third-order valence-electron chi connectivity index (χ3n) is 4.53. The molecule has 2 aromatic heterocycles. The van der Waals surface area contributed by atoms with Gasteiger partial charge in [0.15, 0.2) is 0 Å². The van der Waals surface area contributed by atoms with Crippen molar-refractivity contribution in [1.29, 1.82) is 0 Å². The second-order valence-corrected chi connectivity index (χ2v) is 8.38. The third kappa shape index (κ3) is 2.31. The number of hydrogen-bond donors (Lipinski definition) is 0. The lowest BCUT2D eigenvalue weighted by Crippen LogP contribution is -2.13. The van der Waals surface area contributed by atoms with Gasteiger partial charge in [0, 0.05) is 34.4 Å². The van der Waals surface area contributed by atoms with Crippen molar-refractivity contribution < 1.29 is 0 Å². The minimum atomic E-state index is 0.0675. The first-order valence-corrected chi connectivity index (χ1v) is 7.98. The molecule has 0 amide bonds. The molecule has 0 fully saturated rings. The van der Waals surface area contributed by atoms with E-state index in [1.807, 2.05) is 6.20 Å². The SMILES string of the molecule is Cn1c2ccc(C(C)(C)C)cc2c2cc(C(C)(C)C)ncc21. The molecule has 0 saturated heterocycles. The highest BCUT2D eigenvalue weighted by atomic mass is 14.9. The van der Waals surface area contributed by atoms with Crippen molar-refractivity contribution >= 4 is 21.8 Å². The van der Waals surface area contributed by atoms with Crippen molar-refractivity contribution in [3.05, 3.63) is 41.7 Å². The molecule has 0 aliphatic carbocycles. The molecule has 0 radical (unpaired) electrons. The van der Waals surface area contributed by atoms with Crippen LogP contribution < -0.4 is 0 Å². The van der Waals surface area contributed by atoms with Gasteiger partial charge < -0.3 is 4.57 Å². The van der Waals surface area contributed by atoms with Gasteiger partial charge in [-0.1, -0.05) is 47.6 Å². The molecule has 3 rings (SSSR count). The largest absolute Gasteiger partial charge is 0.342 e. The number of hydrogen-bond acceptors (Lipinski definition) is 1. The Balaban J connectivity index is 2.38. The smallest absolute Gasteiger partial charge is 0.0675 e. The van der Waals surface area contributed by atoms with Crippen LogP contribution in [0.5, 0.6) is 0 Å². The molecule has 0 saturated carbocycles. The highest BCUT2D eigenvalue weighted by molar-refractivity contribution is 6.08. The molecule has 2 heteroatoms. The zero-order chi connectivity index (χ0) is 16.3. The molecule has 2 heterocycles. The third-order valence-corrected chi connectivity index (χ3v) is 4.53. The van der Waals surface area contributed by atoms with Crippen molar-refractivity contribution in [3.8, 4) is 0 Å². The van der Waals surface area contributed by atoms with Gasteiger partial charge in [0.05, 0.1) is 11.7 Å². The van der Waals surface area contributed by atoms with E-state index in [-0.39, 0.29) is 10.8 Å². The number of nitrogens with zero attached hydrogens (tertiary/aromatic N) is 2. The van der Waals surface area contributed by atoms with Crippen molar-refractivity contribution in [2.24, 2.45) is 7.05 Å². The fraction of sp³-hybridized carbons (Fsp3) is 0.450. The van der Waals surface area contributed by atoms with Gasteiger partial charge in [-0.05, 0) is 29.2 Å². The summed E-state index contributed by atoms with van der Waals surface area (Å²) in [7, 11) is 2.12. The van der Waals surface area contributed by atoms with Crippen LogP contribution in [-0.4, -0.2) is 9.55 Å². The second-order valence-electron chi connectivity index (χ2n) is 8.38. The fourth-order valence-corrected chi connectivity index (χ4v) is 2.98. The van der Waals surface area contributed by atoms with E-state index in [1.54, 1.807) is 0 Å². The predicted molar refractivity (Wildman–Crippen MR) is 95.6 cm³/mol. The van der Waals surface area contributed by atoms with Crippen molar-refractivity contribution in [2.75, 3.05) is 0 Å². The molecule has 3 aromatic rings. The molecule has 0 aliphatic rings. The number of fused-ring (bicyclic) bond motifs is 3. The first kappa shape index (κ1) is 15.1. The van der Waals surface area contributed by atoms with Crippen LogP contribution >= 0.6 is 0 Å². The van der Waals surface area contributed by atoms with Crippen LogP contribution in [0.1, 0.15) is 52.8 Å². The molecule has 116 valence electrons. The lowest BCUT2D eigenvalue weighted by Gasteiger charge is -2.19. The summed E-state index contributed by atoms with van der Waals surface area (Å²) in [5.74, 6) is 0. The summed E-state index contributed by atoms with van der Waals surface area (Å²) in [5, 5.41) is 2.64. The van der Waals surface area contributed by atoms with Gasteiger partial charge >= 0.3 is 0 Å². The van der Waals surface area contributed by atoms with Gasteiger partial charge in [-0.3, -0.25) is 4.98 Å². The molecule has 0 aliphatic heterocycles. The Hall–Kier alpha value is -1.83. The molecular formula is C20H26N2. The van der Waals surface area contributed by atoms with E-state index in [1.165, 1.54) is 27.4 Å². The summed E-state index contributed by atoms with van der Waals surface area (Å²) in [6, 6.07) is 9.11. The molecular weight excluding hydrogens is 268 g/mol. The van der Waals surface area contributed by atoms with E-state index in [0.29, 0.717) is 0 Å². The highest BCUT2D eigenvalue weighted by Crippen LogP contribution is 2.34. The number of aromatic nitrogens is 2. The van der Waals surface area contributed by atoms with Crippen LogP contribution in [0.3, 0.4) is 0 Å². The average molecular weight is 294 g/mol. The van der Waals surface area contributed by atoms with E-state index in [9.17, 15) is 0 Å². The van der Waals surface area contributed by atoms with Crippen LogP contribution in [0, 0.1) is 0 Å². The molecule has 22 heavy (non-hydrogen) atoms. The first-order chi connectivity index (χ1) is 10.1. The minimum Gasteiger partial charge on any atom is -0.342 e. The lowest BCUT2D eigenvalue weighted by atomic mass is 9.86. The van der Waals surface area contributed by atoms with Gasteiger partial charge in [-0.15, -0.1) is 0 Å². The van der Waals surface area contributed by atoms with Gasteiger partial charge in [-0.25, -0.2) is 0 Å². The number of benzene rings is 1. The summed E-state index contributed by atoms with van der Waals surface area (Å²) in [6.07, 6.45) is 2.02. The van der Waals surface area contributed by atoms with E-state index in [0.717, 1.165) is 5.69 Å². The number of aryl methyl sites for hydroxylation is 1. The summed E-state index contributed by atoms with van der Waals surface area (Å²) in [4.78, 5) is 4.68. The maximum Gasteiger partial charge on any atom is 0.0675 e. The van der Waals surface area contributed by atoms with Gasteiger partial charge in [-0.2, -0.15) is 0 Å². The van der Waals surface area contributed by atoms with Crippen molar-refractivity contribution in [2.45, 2.75) is 52.4 Å². The minimum absolute atomic E-state index is 0.0675. The second kappa shape index (κ2) is 4.58. The van der Waals surface area contributed by atoms with Gasteiger partial charge in [0.1, 0.15) is 0 Å². The Kier molecular flexibility index (Phi) is 3.14. The van der Waals surface area contributed by atoms with E-state index in [2.05, 4.69) is 82.4 Å². The Bertz CT molecular complexity index is 784. The number of pyridine rings is 1. The molecule has 0 unspecified atom stereocenters. The van der Waals surface area contributed by atoms with Crippen molar-refractivity contribution in [1.82, 2.24) is 9.55 Å². The molecule has 1 aromatic carbocycles. The maximum atomic E-state index is 4.68. The maximum absolute atomic E-state index is 4.68. The molecule has 0 bridgehead atoms. The zero-order valence-electron chi connectivity index (χ0n) is 14.8. The van der Waals surface area contributed by atoms with Crippen LogP contribution in [0.2, 0.25) is 0 Å². The monoisotopic (exact) mass is 294 g/mol. The molecule has 0 atom stereocenters. The number of rotatable bonds is 0. The average Bonchev–Trinajstić information content (AvgIpc) is 2.70. The van der Waals surface area contributed by atoms with Crippen LogP contribution in [0.15, 0.2) is 30.5 Å². The predicted octanol–water partition coefficient (Wildman–Crippen LogP) is 5.32. The van der Waals surface area contributed by atoms with Crippen LogP contribution in [-0.2, 0) is 17.9 Å². The Morgan fingerprint density at radius 2 is 1.45 bits per heavy atom. The Morgan fingerprint density at radius 1 is 0.818 bits per heavy atom. The molecule has 0 spiro atoms. The Morgan fingerprint density at radius 3 is 2.05 bits per heavy atom. The zero-order valence-corrected chi connectivity index (χ0v) is 14.8. The summed E-state index contributed by atoms with van der Waals surface area (Å²) < 4.78 is 2.25. The molecule has 0 N–H and O–H groups in total.